The molecule has 6 heteroatoms. The summed E-state index contributed by atoms with van der Waals surface area (Å²) < 4.78 is 0. The molecule has 3 aromatic rings. The Kier molecular flexibility index (Phi) is 3.82. The van der Waals surface area contributed by atoms with E-state index < -0.39 is 0 Å². The molecule has 0 saturated heterocycles. The van der Waals surface area contributed by atoms with Gasteiger partial charge in [-0.15, -0.1) is 0 Å². The Morgan fingerprint density at radius 2 is 1.92 bits per heavy atom. The SMILES string of the molecule is CN(C)Cc1ccc2[nH]c(O)c(/C=C3/N=c4ccc(Cl)cc4=N3)c2c1. The molecule has 25 heavy (non-hydrogen) atoms. The number of aromatic amines is 1. The van der Waals surface area contributed by atoms with Crippen molar-refractivity contribution in [1.29, 1.82) is 0 Å². The number of nitrogens with one attached hydrogen (secondary N) is 1. The van der Waals surface area contributed by atoms with Crippen molar-refractivity contribution in [3.05, 3.63) is 69.1 Å². The van der Waals surface area contributed by atoms with E-state index in [1.165, 1.54) is 5.56 Å². The third-order valence-electron chi connectivity index (χ3n) is 4.06. The zero-order chi connectivity index (χ0) is 17.6. The zero-order valence-corrected chi connectivity index (χ0v) is 14.7. The minimum Gasteiger partial charge on any atom is -0.494 e. The van der Waals surface area contributed by atoms with Gasteiger partial charge < -0.3 is 15.0 Å². The molecule has 0 radical (unpaired) electrons. The summed E-state index contributed by atoms with van der Waals surface area (Å²) in [7, 11) is 4.06. The third kappa shape index (κ3) is 3.04. The molecule has 2 N–H and O–H groups in total. The van der Waals surface area contributed by atoms with Crippen LogP contribution in [0.15, 0.2) is 52.2 Å². The second kappa shape index (κ2) is 6.02. The molecule has 0 unspecified atom stereocenters. The molecule has 0 atom stereocenters. The summed E-state index contributed by atoms with van der Waals surface area (Å²) in [6, 6.07) is 11.5. The van der Waals surface area contributed by atoms with Crippen molar-refractivity contribution < 1.29 is 5.11 Å². The van der Waals surface area contributed by atoms with E-state index in [0.717, 1.165) is 28.2 Å². The van der Waals surface area contributed by atoms with Gasteiger partial charge in [0.2, 0.25) is 0 Å². The minimum atomic E-state index is 0.115. The highest BCUT2D eigenvalue weighted by atomic mass is 35.5. The molecule has 4 rings (SSSR count). The van der Waals surface area contributed by atoms with Gasteiger partial charge in [0.1, 0.15) is 0 Å². The summed E-state index contributed by atoms with van der Waals surface area (Å²) >= 11 is 6.01. The Balaban J connectivity index is 1.82. The van der Waals surface area contributed by atoms with Crippen molar-refractivity contribution in [2.45, 2.75) is 6.54 Å². The molecule has 0 fully saturated rings. The first-order valence-electron chi connectivity index (χ1n) is 7.92. The number of benzene rings is 2. The van der Waals surface area contributed by atoms with Gasteiger partial charge in [-0.2, -0.15) is 0 Å². The average molecular weight is 353 g/mol. The molecule has 1 aliphatic rings. The van der Waals surface area contributed by atoms with E-state index in [1.807, 2.05) is 26.2 Å². The fraction of sp³-hybridized carbons (Fsp3) is 0.158. The normalized spacial score (nSPS) is 14.8. The monoisotopic (exact) mass is 352 g/mol. The molecule has 126 valence electrons. The molecule has 2 heterocycles. The van der Waals surface area contributed by atoms with Gasteiger partial charge >= 0.3 is 0 Å². The lowest BCUT2D eigenvalue weighted by atomic mass is 10.1. The van der Waals surface area contributed by atoms with E-state index in [1.54, 1.807) is 18.2 Å². The number of aromatic hydroxyl groups is 1. The number of nitrogens with zero attached hydrogens (tertiary/aromatic N) is 3. The van der Waals surface area contributed by atoms with Crippen molar-refractivity contribution in [1.82, 2.24) is 9.88 Å². The van der Waals surface area contributed by atoms with Crippen LogP contribution in [0.5, 0.6) is 5.88 Å². The number of fused-ring (bicyclic) bond motifs is 2. The second-order valence-corrected chi connectivity index (χ2v) is 6.80. The van der Waals surface area contributed by atoms with Gasteiger partial charge in [0.15, 0.2) is 11.7 Å². The van der Waals surface area contributed by atoms with Gasteiger partial charge in [-0.3, -0.25) is 0 Å². The first-order chi connectivity index (χ1) is 12.0. The van der Waals surface area contributed by atoms with Gasteiger partial charge in [0, 0.05) is 28.0 Å². The molecule has 0 bridgehead atoms. The summed E-state index contributed by atoms with van der Waals surface area (Å²) in [6.45, 7) is 0.830. The average Bonchev–Trinajstić information content (AvgIpc) is 3.08. The molecule has 0 amide bonds. The minimum absolute atomic E-state index is 0.115. The maximum absolute atomic E-state index is 10.3. The highest BCUT2D eigenvalue weighted by Gasteiger charge is 2.12. The molecule has 0 aliphatic carbocycles. The van der Waals surface area contributed by atoms with Crippen LogP contribution in [0.1, 0.15) is 11.1 Å². The second-order valence-electron chi connectivity index (χ2n) is 6.36. The topological polar surface area (TPSA) is 64.0 Å². The van der Waals surface area contributed by atoms with E-state index in [2.05, 4.69) is 32.0 Å². The van der Waals surface area contributed by atoms with Crippen LogP contribution in [0.25, 0.3) is 17.0 Å². The molecule has 5 nitrogen and oxygen atoms in total. The number of hydrogen-bond acceptors (Lipinski definition) is 4. The van der Waals surface area contributed by atoms with E-state index in [-0.39, 0.29) is 5.88 Å². The van der Waals surface area contributed by atoms with E-state index in [4.69, 9.17) is 11.6 Å². The predicted molar refractivity (Wildman–Crippen MR) is 99.1 cm³/mol. The van der Waals surface area contributed by atoms with Crippen molar-refractivity contribution in [2.75, 3.05) is 14.1 Å². The zero-order valence-electron chi connectivity index (χ0n) is 13.9. The predicted octanol–water partition coefficient (Wildman–Crippen LogP) is 2.84. The van der Waals surface area contributed by atoms with Gasteiger partial charge in [-0.1, -0.05) is 17.7 Å². The van der Waals surface area contributed by atoms with Crippen LogP contribution in [0, 0.1) is 0 Å². The van der Waals surface area contributed by atoms with Crippen molar-refractivity contribution in [3.8, 4) is 5.88 Å². The first-order valence-corrected chi connectivity index (χ1v) is 8.30. The molecule has 1 aliphatic heterocycles. The summed E-state index contributed by atoms with van der Waals surface area (Å²) in [5.41, 5.74) is 2.74. The fourth-order valence-electron chi connectivity index (χ4n) is 3.00. The lowest BCUT2D eigenvalue weighted by Gasteiger charge is -2.09. The molecule has 0 saturated carbocycles. The smallest absolute Gasteiger partial charge is 0.197 e. The van der Waals surface area contributed by atoms with E-state index in [9.17, 15) is 5.11 Å². The van der Waals surface area contributed by atoms with Gasteiger partial charge in [-0.05, 0) is 56.1 Å². The fourth-order valence-corrected chi connectivity index (χ4v) is 3.17. The first kappa shape index (κ1) is 15.9. The van der Waals surface area contributed by atoms with Crippen molar-refractivity contribution in [2.24, 2.45) is 9.98 Å². The summed E-state index contributed by atoms with van der Waals surface area (Å²) in [5.74, 6) is 0.662. The Morgan fingerprint density at radius 1 is 1.12 bits per heavy atom. The lowest BCUT2D eigenvalue weighted by molar-refractivity contribution is 0.403. The third-order valence-corrected chi connectivity index (χ3v) is 4.30. The van der Waals surface area contributed by atoms with Crippen LogP contribution in [0.2, 0.25) is 5.02 Å². The number of H-pyrrole nitrogens is 1. The number of rotatable bonds is 3. The summed E-state index contributed by atoms with van der Waals surface area (Å²) in [5, 5.41) is 13.4. The highest BCUT2D eigenvalue weighted by molar-refractivity contribution is 6.30. The Bertz CT molecular complexity index is 1130. The Morgan fingerprint density at radius 3 is 2.72 bits per heavy atom. The van der Waals surface area contributed by atoms with Gasteiger partial charge in [-0.25, -0.2) is 9.98 Å². The molecule has 2 aromatic carbocycles. The number of aromatic nitrogens is 1. The van der Waals surface area contributed by atoms with Crippen LogP contribution < -0.4 is 10.7 Å². The molecule has 0 spiro atoms. The summed E-state index contributed by atoms with van der Waals surface area (Å²) in [4.78, 5) is 14.1. The van der Waals surface area contributed by atoms with Crippen LogP contribution in [-0.4, -0.2) is 29.1 Å². The quantitative estimate of drug-likeness (QED) is 0.761. The Hall–Kier alpha value is -2.63. The van der Waals surface area contributed by atoms with Gasteiger partial charge in [0.25, 0.3) is 0 Å². The lowest BCUT2D eigenvalue weighted by Crippen LogP contribution is -2.20. The van der Waals surface area contributed by atoms with Gasteiger partial charge in [0.05, 0.1) is 10.7 Å². The standard InChI is InChI=1S/C19H17ClN4O/c1-24(2)10-11-3-5-15-13(7-11)14(19(25)23-15)9-18-21-16-6-4-12(20)8-17(16)22-18/h3-9,23,25H,10H2,1-2H3/b18-9-. The number of hydrogen-bond donors (Lipinski definition) is 2. The molecular weight excluding hydrogens is 336 g/mol. The maximum atomic E-state index is 10.3. The molecule has 1 aromatic heterocycles. The van der Waals surface area contributed by atoms with Crippen LogP contribution in [-0.2, 0) is 6.54 Å². The molecular formula is C19H17ClN4O. The van der Waals surface area contributed by atoms with Crippen LogP contribution >= 0.6 is 11.6 Å². The van der Waals surface area contributed by atoms with Crippen molar-refractivity contribution >= 4 is 28.6 Å². The van der Waals surface area contributed by atoms with Crippen molar-refractivity contribution in [3.63, 3.8) is 0 Å². The summed E-state index contributed by atoms with van der Waals surface area (Å²) in [6.07, 6.45) is 1.79. The van der Waals surface area contributed by atoms with E-state index >= 15 is 0 Å². The Labute approximate surface area is 149 Å². The van der Waals surface area contributed by atoms with Crippen LogP contribution in [0.3, 0.4) is 0 Å². The highest BCUT2D eigenvalue weighted by Crippen LogP contribution is 2.30. The number of halogens is 1. The van der Waals surface area contributed by atoms with E-state index in [0.29, 0.717) is 16.4 Å². The maximum Gasteiger partial charge on any atom is 0.197 e. The largest absolute Gasteiger partial charge is 0.494 e. The van der Waals surface area contributed by atoms with Crippen LogP contribution in [0.4, 0.5) is 0 Å².